The van der Waals surface area contributed by atoms with E-state index in [1.165, 1.54) is 19.1 Å². The van der Waals surface area contributed by atoms with Crippen molar-refractivity contribution in [1.82, 2.24) is 0 Å². The van der Waals surface area contributed by atoms with Gasteiger partial charge in [0.2, 0.25) is 5.91 Å². The molecule has 0 spiro atoms. The van der Waals surface area contributed by atoms with Gasteiger partial charge in [0.05, 0.1) is 38.0 Å². The zero-order chi connectivity index (χ0) is 20.3. The van der Waals surface area contributed by atoms with Crippen molar-refractivity contribution in [2.45, 2.75) is 6.42 Å². The molecule has 1 unspecified atom stereocenters. The highest BCUT2D eigenvalue weighted by Gasteiger charge is 2.38. The minimum absolute atomic E-state index is 0.0434. The van der Waals surface area contributed by atoms with E-state index in [2.05, 4.69) is 0 Å². The molecule has 0 saturated carbocycles. The molecule has 0 radical (unpaired) electrons. The summed E-state index contributed by atoms with van der Waals surface area (Å²) in [6.07, 6.45) is 0.0434. The van der Waals surface area contributed by atoms with Gasteiger partial charge in [0.25, 0.3) is 0 Å². The highest BCUT2D eigenvalue weighted by Crippen LogP contribution is 2.40. The number of hydrogen-bond donors (Lipinski definition) is 0. The summed E-state index contributed by atoms with van der Waals surface area (Å²) >= 11 is 6.20. The zero-order valence-corrected chi connectivity index (χ0v) is 16.5. The Morgan fingerprint density at radius 3 is 2.25 bits per heavy atom. The Labute approximate surface area is 167 Å². The van der Waals surface area contributed by atoms with Gasteiger partial charge in [0.1, 0.15) is 23.0 Å². The van der Waals surface area contributed by atoms with Gasteiger partial charge in [-0.25, -0.2) is 0 Å². The van der Waals surface area contributed by atoms with Gasteiger partial charge in [-0.2, -0.15) is 0 Å². The van der Waals surface area contributed by atoms with Crippen molar-refractivity contribution in [2.75, 3.05) is 32.8 Å². The molecule has 8 heteroatoms. The maximum Gasteiger partial charge on any atom is 0.316 e. The Kier molecular flexibility index (Phi) is 5.94. The lowest BCUT2D eigenvalue weighted by Crippen LogP contribution is -2.27. The van der Waals surface area contributed by atoms with Crippen LogP contribution >= 0.6 is 11.6 Å². The largest absolute Gasteiger partial charge is 0.497 e. The van der Waals surface area contributed by atoms with Crippen molar-refractivity contribution in [1.29, 1.82) is 0 Å². The summed E-state index contributed by atoms with van der Waals surface area (Å²) < 4.78 is 21.0. The summed E-state index contributed by atoms with van der Waals surface area (Å²) in [4.78, 5) is 26.5. The molecule has 2 aromatic rings. The smallest absolute Gasteiger partial charge is 0.316 e. The maximum atomic E-state index is 12.5. The minimum atomic E-state index is -0.597. The Morgan fingerprint density at radius 2 is 1.64 bits per heavy atom. The van der Waals surface area contributed by atoms with Gasteiger partial charge in [-0.05, 0) is 30.3 Å². The first-order valence-corrected chi connectivity index (χ1v) is 8.92. The van der Waals surface area contributed by atoms with Crippen LogP contribution in [0.3, 0.4) is 0 Å². The lowest BCUT2D eigenvalue weighted by atomic mass is 10.1. The SMILES string of the molecule is COc1ccc(OC(=O)C2CC(=O)N(c3cc(Cl)c(OC)cc3OC)C2)cc1. The highest BCUT2D eigenvalue weighted by molar-refractivity contribution is 6.32. The van der Waals surface area contributed by atoms with Crippen molar-refractivity contribution in [3.05, 3.63) is 41.4 Å². The molecule has 1 amide bonds. The number of carbonyl (C=O) groups is 2. The molecule has 2 aromatic carbocycles. The second-order valence-electron chi connectivity index (χ2n) is 6.16. The summed E-state index contributed by atoms with van der Waals surface area (Å²) in [6.45, 7) is 0.173. The number of carbonyl (C=O) groups excluding carboxylic acids is 2. The van der Waals surface area contributed by atoms with Gasteiger partial charge in [0, 0.05) is 19.0 Å². The van der Waals surface area contributed by atoms with Gasteiger partial charge in [-0.3, -0.25) is 9.59 Å². The first-order valence-electron chi connectivity index (χ1n) is 8.54. The second-order valence-corrected chi connectivity index (χ2v) is 6.57. The molecule has 0 aromatic heterocycles. The van der Waals surface area contributed by atoms with Crippen molar-refractivity contribution in [3.63, 3.8) is 0 Å². The predicted octanol–water partition coefficient (Wildman–Crippen LogP) is 3.32. The molecule has 148 valence electrons. The summed E-state index contributed by atoms with van der Waals surface area (Å²) in [7, 11) is 4.54. The summed E-state index contributed by atoms with van der Waals surface area (Å²) in [5.74, 6) is 0.631. The third kappa shape index (κ3) is 3.99. The number of nitrogens with zero attached hydrogens (tertiary/aromatic N) is 1. The van der Waals surface area contributed by atoms with Crippen molar-refractivity contribution < 1.29 is 28.5 Å². The third-order valence-corrected chi connectivity index (χ3v) is 4.78. The van der Waals surface area contributed by atoms with E-state index in [0.717, 1.165) is 0 Å². The molecule has 1 saturated heterocycles. The van der Waals surface area contributed by atoms with Crippen LogP contribution in [0, 0.1) is 5.92 Å². The van der Waals surface area contributed by atoms with Crippen LogP contribution in [0.2, 0.25) is 5.02 Å². The Bertz CT molecular complexity index is 883. The summed E-state index contributed by atoms with van der Waals surface area (Å²) in [6, 6.07) is 9.86. The molecule has 1 aliphatic rings. The van der Waals surface area contributed by atoms with Crippen molar-refractivity contribution >= 4 is 29.2 Å². The second kappa shape index (κ2) is 8.39. The number of halogens is 1. The minimum Gasteiger partial charge on any atom is -0.497 e. The van der Waals surface area contributed by atoms with Gasteiger partial charge in [0.15, 0.2) is 0 Å². The number of amides is 1. The van der Waals surface area contributed by atoms with Crippen LogP contribution in [0.1, 0.15) is 6.42 Å². The molecule has 28 heavy (non-hydrogen) atoms. The summed E-state index contributed by atoms with van der Waals surface area (Å²) in [5, 5.41) is 0.343. The van der Waals surface area contributed by atoms with Crippen LogP contribution in [0.5, 0.6) is 23.0 Å². The number of benzene rings is 2. The maximum absolute atomic E-state index is 12.5. The van der Waals surface area contributed by atoms with Gasteiger partial charge in [-0.15, -0.1) is 0 Å². The van der Waals surface area contributed by atoms with Crippen LogP contribution in [0.15, 0.2) is 36.4 Å². The van der Waals surface area contributed by atoms with Crippen molar-refractivity contribution in [3.8, 4) is 23.0 Å². The topological polar surface area (TPSA) is 74.3 Å². The Hall–Kier alpha value is -2.93. The van der Waals surface area contributed by atoms with Gasteiger partial charge in [-0.1, -0.05) is 11.6 Å². The Morgan fingerprint density at radius 1 is 1.00 bits per heavy atom. The first-order chi connectivity index (χ1) is 13.5. The predicted molar refractivity (Wildman–Crippen MR) is 104 cm³/mol. The monoisotopic (exact) mass is 405 g/mol. The van der Waals surface area contributed by atoms with Crippen molar-refractivity contribution in [2.24, 2.45) is 5.92 Å². The molecular weight excluding hydrogens is 386 g/mol. The van der Waals surface area contributed by atoms with E-state index < -0.39 is 11.9 Å². The van der Waals surface area contributed by atoms with Crippen LogP contribution in [-0.4, -0.2) is 39.8 Å². The van der Waals surface area contributed by atoms with Crippen LogP contribution in [0.4, 0.5) is 5.69 Å². The van der Waals surface area contributed by atoms with E-state index in [4.69, 9.17) is 30.5 Å². The average Bonchev–Trinajstić information content (AvgIpc) is 3.10. The Balaban J connectivity index is 1.76. The molecule has 0 N–H and O–H groups in total. The van der Waals surface area contributed by atoms with Crippen LogP contribution < -0.4 is 23.8 Å². The van der Waals surface area contributed by atoms with Gasteiger partial charge < -0.3 is 23.8 Å². The molecule has 1 heterocycles. The molecule has 1 aliphatic heterocycles. The van der Waals surface area contributed by atoms with E-state index in [-0.39, 0.29) is 18.9 Å². The van der Waals surface area contributed by atoms with E-state index in [1.807, 2.05) is 0 Å². The number of anilines is 1. The number of methoxy groups -OCH3 is 3. The number of esters is 1. The fourth-order valence-electron chi connectivity index (χ4n) is 3.00. The number of hydrogen-bond acceptors (Lipinski definition) is 6. The van der Waals surface area contributed by atoms with E-state index in [1.54, 1.807) is 43.5 Å². The van der Waals surface area contributed by atoms with E-state index in [0.29, 0.717) is 33.7 Å². The van der Waals surface area contributed by atoms with E-state index >= 15 is 0 Å². The number of rotatable bonds is 6. The van der Waals surface area contributed by atoms with Gasteiger partial charge >= 0.3 is 5.97 Å². The molecule has 0 aliphatic carbocycles. The van der Waals surface area contributed by atoms with Crippen LogP contribution in [-0.2, 0) is 9.59 Å². The standard InChI is InChI=1S/C20H20ClNO6/c1-25-13-4-6-14(7-5-13)28-20(24)12-8-19(23)22(11-12)16-9-15(21)17(26-2)10-18(16)27-3/h4-7,9-10,12H,8,11H2,1-3H3. The molecular formula is C20H20ClNO6. The fourth-order valence-corrected chi connectivity index (χ4v) is 3.23. The molecule has 7 nitrogen and oxygen atoms in total. The highest BCUT2D eigenvalue weighted by atomic mass is 35.5. The molecule has 1 fully saturated rings. The fraction of sp³-hybridized carbons (Fsp3) is 0.300. The number of ether oxygens (including phenoxy) is 4. The average molecular weight is 406 g/mol. The van der Waals surface area contributed by atoms with E-state index in [9.17, 15) is 9.59 Å². The third-order valence-electron chi connectivity index (χ3n) is 4.48. The molecule has 1 atom stereocenters. The van der Waals surface area contributed by atoms with Crippen LogP contribution in [0.25, 0.3) is 0 Å². The normalized spacial score (nSPS) is 16.1. The lowest BCUT2D eigenvalue weighted by Gasteiger charge is -2.20. The molecule has 0 bridgehead atoms. The summed E-state index contributed by atoms with van der Waals surface area (Å²) in [5.41, 5.74) is 0.484. The zero-order valence-electron chi connectivity index (χ0n) is 15.7. The first kappa shape index (κ1) is 19.8. The molecule has 3 rings (SSSR count). The quantitative estimate of drug-likeness (QED) is 0.542. The lowest BCUT2D eigenvalue weighted by molar-refractivity contribution is -0.139.